The number of aromatic nitrogens is 1. The van der Waals surface area contributed by atoms with E-state index in [2.05, 4.69) is 12.1 Å². The summed E-state index contributed by atoms with van der Waals surface area (Å²) in [4.78, 5) is 32.5. The van der Waals surface area contributed by atoms with Crippen LogP contribution in [0.4, 0.5) is 5.69 Å². The highest BCUT2D eigenvalue weighted by Crippen LogP contribution is 2.68. The molecule has 2 aromatic carbocycles. The van der Waals surface area contributed by atoms with Crippen LogP contribution >= 0.6 is 11.8 Å². The molecule has 0 radical (unpaired) electrons. The Bertz CT molecular complexity index is 1030. The van der Waals surface area contributed by atoms with Crippen LogP contribution in [0.25, 0.3) is 10.9 Å². The zero-order valence-corrected chi connectivity index (χ0v) is 14.5. The molecule has 0 N–H and O–H groups in total. The van der Waals surface area contributed by atoms with E-state index in [0.717, 1.165) is 22.2 Å². The van der Waals surface area contributed by atoms with Gasteiger partial charge in [-0.2, -0.15) is 0 Å². The van der Waals surface area contributed by atoms with Gasteiger partial charge in [-0.3, -0.25) is 14.6 Å². The van der Waals surface area contributed by atoms with E-state index in [1.807, 2.05) is 48.5 Å². The summed E-state index contributed by atoms with van der Waals surface area (Å²) in [6, 6.07) is 19.4. The first-order valence-corrected chi connectivity index (χ1v) is 9.66. The topological polar surface area (TPSA) is 50.3 Å². The summed E-state index contributed by atoms with van der Waals surface area (Å²) in [5.74, 6) is -0.705. The molecule has 3 aliphatic rings. The number of amides is 2. The number of benzene rings is 2. The number of fused-ring (bicyclic) bond motifs is 9. The van der Waals surface area contributed by atoms with Crippen molar-refractivity contribution < 1.29 is 9.59 Å². The number of rotatable bonds is 1. The molecule has 0 spiro atoms. The predicted octanol–water partition coefficient (Wildman–Crippen LogP) is 3.88. The standard InChI is InChI=1S/C21H14N2O2S/c24-20-15-16(21(25)23(20)12-7-2-1-3-8-12)19-17-13(18(15)26-19)10-11-6-4-5-9-14(11)22-17/h1-10,15-16,18-19H. The fourth-order valence-corrected chi connectivity index (χ4v) is 6.49. The fourth-order valence-electron chi connectivity index (χ4n) is 4.61. The highest BCUT2D eigenvalue weighted by Gasteiger charge is 2.64. The van der Waals surface area contributed by atoms with Crippen LogP contribution in [-0.2, 0) is 9.59 Å². The van der Waals surface area contributed by atoms with E-state index in [4.69, 9.17) is 4.98 Å². The number of nitrogens with zero attached hydrogens (tertiary/aromatic N) is 2. The van der Waals surface area contributed by atoms with Crippen molar-refractivity contribution in [3.63, 3.8) is 0 Å². The number of anilines is 1. The van der Waals surface area contributed by atoms with Crippen molar-refractivity contribution in [3.05, 3.63) is 71.9 Å². The molecule has 2 saturated heterocycles. The Balaban J connectivity index is 1.49. The number of imide groups is 1. The van der Waals surface area contributed by atoms with Crippen LogP contribution in [0.1, 0.15) is 21.8 Å². The number of hydrogen-bond donors (Lipinski definition) is 0. The molecule has 4 unspecified atom stereocenters. The molecule has 2 amide bonds. The molecule has 3 aromatic rings. The smallest absolute Gasteiger partial charge is 0.239 e. The summed E-state index contributed by atoms with van der Waals surface area (Å²) < 4.78 is 0. The van der Waals surface area contributed by atoms with Crippen LogP contribution in [0.5, 0.6) is 0 Å². The molecule has 4 atom stereocenters. The van der Waals surface area contributed by atoms with Crippen molar-refractivity contribution in [1.82, 2.24) is 4.98 Å². The van der Waals surface area contributed by atoms with E-state index in [0.29, 0.717) is 5.69 Å². The fraction of sp³-hybridized carbons (Fsp3) is 0.190. The molecule has 126 valence electrons. The molecule has 4 heterocycles. The highest BCUT2D eigenvalue weighted by molar-refractivity contribution is 8.00. The molecule has 4 nitrogen and oxygen atoms in total. The monoisotopic (exact) mass is 358 g/mol. The molecular formula is C21H14N2O2S. The largest absolute Gasteiger partial charge is 0.274 e. The third-order valence-electron chi connectivity index (χ3n) is 5.72. The van der Waals surface area contributed by atoms with Gasteiger partial charge in [0.2, 0.25) is 11.8 Å². The summed E-state index contributed by atoms with van der Waals surface area (Å²) in [7, 11) is 0. The zero-order valence-electron chi connectivity index (χ0n) is 13.7. The van der Waals surface area contributed by atoms with Crippen molar-refractivity contribution in [1.29, 1.82) is 0 Å². The molecule has 26 heavy (non-hydrogen) atoms. The first kappa shape index (κ1) is 14.5. The Morgan fingerprint density at radius 2 is 1.54 bits per heavy atom. The number of pyridine rings is 1. The Morgan fingerprint density at radius 3 is 2.35 bits per heavy atom. The average Bonchev–Trinajstić information content (AvgIpc) is 3.31. The van der Waals surface area contributed by atoms with Gasteiger partial charge < -0.3 is 0 Å². The maximum absolute atomic E-state index is 13.1. The van der Waals surface area contributed by atoms with Gasteiger partial charge in [-0.15, -0.1) is 11.8 Å². The third kappa shape index (κ3) is 1.69. The molecule has 6 rings (SSSR count). The summed E-state index contributed by atoms with van der Waals surface area (Å²) in [5.41, 5.74) is 3.75. The van der Waals surface area contributed by atoms with Gasteiger partial charge in [-0.05, 0) is 29.8 Å². The van der Waals surface area contributed by atoms with E-state index >= 15 is 0 Å². The third-order valence-corrected chi connectivity index (χ3v) is 7.37. The molecule has 1 aromatic heterocycles. The maximum Gasteiger partial charge on any atom is 0.239 e. The second-order valence-corrected chi connectivity index (χ2v) is 8.32. The van der Waals surface area contributed by atoms with Crippen LogP contribution in [-0.4, -0.2) is 16.8 Å². The number of hydrogen-bond acceptors (Lipinski definition) is 4. The van der Waals surface area contributed by atoms with Gasteiger partial charge in [-0.25, -0.2) is 4.90 Å². The van der Waals surface area contributed by atoms with Crippen LogP contribution in [0.15, 0.2) is 60.7 Å². The summed E-state index contributed by atoms with van der Waals surface area (Å²) in [6.07, 6.45) is 0. The lowest BCUT2D eigenvalue weighted by molar-refractivity contribution is -0.122. The molecule has 3 aliphatic heterocycles. The van der Waals surface area contributed by atoms with Gasteiger partial charge in [0, 0.05) is 10.6 Å². The van der Waals surface area contributed by atoms with Crippen molar-refractivity contribution in [3.8, 4) is 0 Å². The predicted molar refractivity (Wildman–Crippen MR) is 101 cm³/mol. The summed E-state index contributed by atoms with van der Waals surface area (Å²) in [6.45, 7) is 0. The van der Waals surface area contributed by atoms with E-state index in [-0.39, 0.29) is 34.2 Å². The zero-order chi connectivity index (χ0) is 17.4. The minimum Gasteiger partial charge on any atom is -0.274 e. The molecule has 5 heteroatoms. The van der Waals surface area contributed by atoms with E-state index in [1.165, 1.54) is 4.90 Å². The van der Waals surface area contributed by atoms with Gasteiger partial charge in [0.1, 0.15) is 0 Å². The van der Waals surface area contributed by atoms with Crippen molar-refractivity contribution >= 4 is 40.2 Å². The molecule has 2 fully saturated rings. The summed E-state index contributed by atoms with van der Waals surface area (Å²) >= 11 is 1.74. The van der Waals surface area contributed by atoms with Gasteiger partial charge >= 0.3 is 0 Å². The van der Waals surface area contributed by atoms with Gasteiger partial charge in [0.15, 0.2) is 0 Å². The second kappa shape index (κ2) is 4.95. The highest BCUT2D eigenvalue weighted by atomic mass is 32.2. The first-order valence-electron chi connectivity index (χ1n) is 8.72. The number of carbonyl (C=O) groups is 2. The van der Waals surface area contributed by atoms with Crippen LogP contribution < -0.4 is 4.90 Å². The van der Waals surface area contributed by atoms with Gasteiger partial charge in [0.05, 0.1) is 34.0 Å². The lowest BCUT2D eigenvalue weighted by Gasteiger charge is -2.21. The van der Waals surface area contributed by atoms with Crippen LogP contribution in [0, 0.1) is 11.8 Å². The average molecular weight is 358 g/mol. The Hall–Kier alpha value is -2.66. The van der Waals surface area contributed by atoms with Crippen molar-refractivity contribution in [2.24, 2.45) is 11.8 Å². The quantitative estimate of drug-likeness (QED) is 0.620. The minimum absolute atomic E-state index is 0.0187. The van der Waals surface area contributed by atoms with Gasteiger partial charge in [-0.1, -0.05) is 36.4 Å². The SMILES string of the molecule is O=C1C2C3SC(c4nc5ccccc5cc43)C2C(=O)N1c1ccccc1. The van der Waals surface area contributed by atoms with Crippen molar-refractivity contribution in [2.75, 3.05) is 4.90 Å². The van der Waals surface area contributed by atoms with E-state index in [1.54, 1.807) is 11.8 Å². The maximum atomic E-state index is 13.1. The van der Waals surface area contributed by atoms with Crippen LogP contribution in [0.2, 0.25) is 0 Å². The lowest BCUT2D eigenvalue weighted by Crippen LogP contribution is -2.31. The molecule has 0 aliphatic carbocycles. The van der Waals surface area contributed by atoms with Gasteiger partial charge in [0.25, 0.3) is 0 Å². The molecule has 0 saturated carbocycles. The number of carbonyl (C=O) groups excluding carboxylic acids is 2. The molecular weight excluding hydrogens is 344 g/mol. The second-order valence-electron chi connectivity index (χ2n) is 7.03. The Labute approximate surface area is 154 Å². The van der Waals surface area contributed by atoms with E-state index < -0.39 is 0 Å². The Morgan fingerprint density at radius 1 is 0.846 bits per heavy atom. The minimum atomic E-state index is -0.293. The van der Waals surface area contributed by atoms with E-state index in [9.17, 15) is 9.59 Å². The number of para-hydroxylation sites is 2. The Kier molecular flexibility index (Phi) is 2.76. The van der Waals surface area contributed by atoms with Crippen LogP contribution in [0.3, 0.4) is 0 Å². The first-order chi connectivity index (χ1) is 12.7. The summed E-state index contributed by atoms with van der Waals surface area (Å²) in [5, 5.41) is 1.10. The lowest BCUT2D eigenvalue weighted by atomic mass is 9.79. The number of thioether (sulfide) groups is 1. The van der Waals surface area contributed by atoms with Crippen molar-refractivity contribution in [2.45, 2.75) is 10.5 Å². The molecule has 2 bridgehead atoms. The normalized spacial score (nSPS) is 28.7.